The first-order valence-electron chi connectivity index (χ1n) is 4.80. The van der Waals surface area contributed by atoms with E-state index in [-0.39, 0.29) is 6.17 Å². The molecular formula is C9H22N4. The Morgan fingerprint density at radius 3 is 2.31 bits per heavy atom. The SMILES string of the molecule is C/C=N\N(C(C)C)N(C)C(N)CC. The quantitative estimate of drug-likeness (QED) is 0.399. The summed E-state index contributed by atoms with van der Waals surface area (Å²) in [5.74, 6) is 0. The van der Waals surface area contributed by atoms with Crippen LogP contribution >= 0.6 is 0 Å². The molecule has 0 spiro atoms. The lowest BCUT2D eigenvalue weighted by Gasteiger charge is -2.35. The van der Waals surface area contributed by atoms with Crippen LogP contribution < -0.4 is 5.73 Å². The highest BCUT2D eigenvalue weighted by atomic mass is 15.8. The Balaban J connectivity index is 4.35. The van der Waals surface area contributed by atoms with Crippen molar-refractivity contribution in [3.8, 4) is 0 Å². The molecule has 0 aromatic heterocycles. The van der Waals surface area contributed by atoms with E-state index in [1.54, 1.807) is 6.21 Å². The van der Waals surface area contributed by atoms with Gasteiger partial charge in [-0.25, -0.2) is 5.12 Å². The van der Waals surface area contributed by atoms with Crippen molar-refractivity contribution < 1.29 is 0 Å². The number of hydrazine groups is 1. The topological polar surface area (TPSA) is 44.9 Å². The lowest BCUT2D eigenvalue weighted by atomic mass is 10.3. The van der Waals surface area contributed by atoms with Crippen molar-refractivity contribution in [2.75, 3.05) is 7.05 Å². The van der Waals surface area contributed by atoms with Crippen molar-refractivity contribution in [1.82, 2.24) is 10.1 Å². The number of hydrogen-bond acceptors (Lipinski definition) is 4. The zero-order valence-corrected chi connectivity index (χ0v) is 9.36. The van der Waals surface area contributed by atoms with Gasteiger partial charge in [0.2, 0.25) is 0 Å². The summed E-state index contributed by atoms with van der Waals surface area (Å²) in [6.07, 6.45) is 2.73. The molecule has 78 valence electrons. The van der Waals surface area contributed by atoms with Gasteiger partial charge in [-0.2, -0.15) is 10.1 Å². The summed E-state index contributed by atoms with van der Waals surface area (Å²) in [4.78, 5) is 0. The average molecular weight is 186 g/mol. The minimum absolute atomic E-state index is 0.0334. The summed E-state index contributed by atoms with van der Waals surface area (Å²) in [5.41, 5.74) is 5.90. The largest absolute Gasteiger partial charge is 0.314 e. The van der Waals surface area contributed by atoms with Gasteiger partial charge >= 0.3 is 0 Å². The van der Waals surface area contributed by atoms with Gasteiger partial charge in [0.05, 0.1) is 12.2 Å². The Hall–Kier alpha value is -0.610. The zero-order valence-electron chi connectivity index (χ0n) is 9.36. The molecule has 0 saturated carbocycles. The van der Waals surface area contributed by atoms with Crippen molar-refractivity contribution >= 4 is 6.21 Å². The maximum atomic E-state index is 5.90. The molecule has 0 heterocycles. The first-order valence-corrected chi connectivity index (χ1v) is 4.80. The first-order chi connectivity index (χ1) is 6.04. The summed E-state index contributed by atoms with van der Waals surface area (Å²) in [5, 5.41) is 8.11. The Kier molecular flexibility index (Phi) is 5.66. The van der Waals surface area contributed by atoms with E-state index in [0.29, 0.717) is 6.04 Å². The first kappa shape index (κ1) is 12.4. The highest BCUT2D eigenvalue weighted by molar-refractivity contribution is 5.52. The summed E-state index contributed by atoms with van der Waals surface area (Å²) < 4.78 is 0. The molecular weight excluding hydrogens is 164 g/mol. The molecule has 13 heavy (non-hydrogen) atoms. The minimum Gasteiger partial charge on any atom is -0.314 e. The number of nitrogens with two attached hydrogens (primary N) is 1. The molecule has 0 amide bonds. The highest BCUT2D eigenvalue weighted by Crippen LogP contribution is 2.06. The van der Waals surface area contributed by atoms with Crippen molar-refractivity contribution in [1.29, 1.82) is 0 Å². The third-order valence-corrected chi connectivity index (χ3v) is 1.92. The highest BCUT2D eigenvalue weighted by Gasteiger charge is 2.16. The summed E-state index contributed by atoms with van der Waals surface area (Å²) in [6, 6.07) is 0.332. The van der Waals surface area contributed by atoms with Crippen molar-refractivity contribution in [3.05, 3.63) is 0 Å². The standard InChI is InChI=1S/C9H22N4/c1-6-9(10)12(5)13(8(3)4)11-7-2/h7-9H,6,10H2,1-5H3/b11-7-. The van der Waals surface area contributed by atoms with Gasteiger partial charge in [0.15, 0.2) is 0 Å². The van der Waals surface area contributed by atoms with Crippen LogP contribution in [-0.2, 0) is 0 Å². The number of hydrazone groups is 1. The molecule has 4 heteroatoms. The minimum atomic E-state index is 0.0334. The van der Waals surface area contributed by atoms with E-state index in [0.717, 1.165) is 6.42 Å². The predicted molar refractivity (Wildman–Crippen MR) is 57.2 cm³/mol. The smallest absolute Gasteiger partial charge is 0.0768 e. The normalized spacial score (nSPS) is 14.5. The van der Waals surface area contributed by atoms with Gasteiger partial charge in [-0.05, 0) is 27.2 Å². The Morgan fingerprint density at radius 1 is 1.46 bits per heavy atom. The molecule has 0 aliphatic heterocycles. The Bertz CT molecular complexity index is 156. The van der Waals surface area contributed by atoms with Crippen LogP contribution in [0.1, 0.15) is 34.1 Å². The fourth-order valence-electron chi connectivity index (χ4n) is 1.11. The molecule has 4 nitrogen and oxygen atoms in total. The molecule has 0 aliphatic rings. The maximum absolute atomic E-state index is 5.90. The van der Waals surface area contributed by atoms with Gasteiger partial charge in [-0.1, -0.05) is 6.92 Å². The maximum Gasteiger partial charge on any atom is 0.0768 e. The van der Waals surface area contributed by atoms with Crippen molar-refractivity contribution in [2.24, 2.45) is 10.8 Å². The molecule has 0 saturated heterocycles. The van der Waals surface area contributed by atoms with Crippen molar-refractivity contribution in [2.45, 2.75) is 46.3 Å². The van der Waals surface area contributed by atoms with Crippen LogP contribution in [0.2, 0.25) is 0 Å². The molecule has 2 N–H and O–H groups in total. The second kappa shape index (κ2) is 5.94. The summed E-state index contributed by atoms with van der Waals surface area (Å²) in [6.45, 7) is 8.15. The fourth-order valence-corrected chi connectivity index (χ4v) is 1.11. The predicted octanol–water partition coefficient (Wildman–Crippen LogP) is 1.24. The molecule has 1 unspecified atom stereocenters. The van der Waals surface area contributed by atoms with E-state index >= 15 is 0 Å². The zero-order chi connectivity index (χ0) is 10.4. The van der Waals surface area contributed by atoms with E-state index in [1.807, 2.05) is 24.1 Å². The van der Waals surface area contributed by atoms with Crippen LogP contribution in [0.15, 0.2) is 5.10 Å². The molecule has 1 atom stereocenters. The van der Waals surface area contributed by atoms with Crippen LogP contribution in [-0.4, -0.2) is 35.6 Å². The fraction of sp³-hybridized carbons (Fsp3) is 0.889. The summed E-state index contributed by atoms with van der Waals surface area (Å²) >= 11 is 0. The van der Waals surface area contributed by atoms with Crippen LogP contribution in [0.25, 0.3) is 0 Å². The van der Waals surface area contributed by atoms with Gasteiger partial charge in [-0.15, -0.1) is 0 Å². The lowest BCUT2D eigenvalue weighted by Crippen LogP contribution is -2.50. The Labute approximate surface area is 81.4 Å². The molecule has 0 aromatic rings. The Morgan fingerprint density at radius 2 is 2.00 bits per heavy atom. The third kappa shape index (κ3) is 3.74. The van der Waals surface area contributed by atoms with Crippen LogP contribution in [0.3, 0.4) is 0 Å². The van der Waals surface area contributed by atoms with E-state index in [1.165, 1.54) is 0 Å². The second-order valence-corrected chi connectivity index (χ2v) is 3.34. The van der Waals surface area contributed by atoms with E-state index < -0.39 is 0 Å². The summed E-state index contributed by atoms with van der Waals surface area (Å²) in [7, 11) is 1.96. The molecule has 0 rings (SSSR count). The van der Waals surface area contributed by atoms with E-state index in [4.69, 9.17) is 5.73 Å². The number of hydrogen-bond donors (Lipinski definition) is 1. The molecule has 0 aliphatic carbocycles. The van der Waals surface area contributed by atoms with Gasteiger partial charge in [-0.3, -0.25) is 0 Å². The van der Waals surface area contributed by atoms with E-state index in [9.17, 15) is 0 Å². The average Bonchev–Trinajstić information content (AvgIpc) is 2.11. The van der Waals surface area contributed by atoms with Crippen LogP contribution in [0, 0.1) is 0 Å². The molecule has 0 bridgehead atoms. The van der Waals surface area contributed by atoms with Crippen LogP contribution in [0.5, 0.6) is 0 Å². The molecule has 0 aromatic carbocycles. The van der Waals surface area contributed by atoms with Gasteiger partial charge < -0.3 is 5.73 Å². The monoisotopic (exact) mass is 186 g/mol. The number of nitrogens with zero attached hydrogens (tertiary/aromatic N) is 3. The van der Waals surface area contributed by atoms with Crippen molar-refractivity contribution in [3.63, 3.8) is 0 Å². The van der Waals surface area contributed by atoms with Crippen LogP contribution in [0.4, 0.5) is 0 Å². The lowest BCUT2D eigenvalue weighted by molar-refractivity contribution is -0.0593. The van der Waals surface area contributed by atoms with Gasteiger partial charge in [0, 0.05) is 13.3 Å². The third-order valence-electron chi connectivity index (χ3n) is 1.92. The molecule has 0 fully saturated rings. The van der Waals surface area contributed by atoms with E-state index in [2.05, 4.69) is 25.9 Å². The second-order valence-electron chi connectivity index (χ2n) is 3.34. The number of rotatable bonds is 5. The van der Waals surface area contributed by atoms with Gasteiger partial charge in [0.1, 0.15) is 0 Å². The molecule has 0 radical (unpaired) electrons. The van der Waals surface area contributed by atoms with Gasteiger partial charge in [0.25, 0.3) is 0 Å².